The average Bonchev–Trinajstić information content (AvgIpc) is 3.99. The predicted molar refractivity (Wildman–Crippen MR) is 186 cm³/mol. The van der Waals surface area contributed by atoms with E-state index in [1.807, 2.05) is 6.92 Å². The second-order valence-electron chi connectivity index (χ2n) is 12.4. The van der Waals surface area contributed by atoms with E-state index in [2.05, 4.69) is 35.7 Å². The van der Waals surface area contributed by atoms with Crippen LogP contribution in [0.5, 0.6) is 17.5 Å². The number of aromatic nitrogens is 3. The molecule has 3 amide bonds. The summed E-state index contributed by atoms with van der Waals surface area (Å²) in [5, 5.41) is 7.00. The average molecular weight is 748 g/mol. The molecule has 2 aliphatic carbocycles. The first kappa shape index (κ1) is 35.6. The molecule has 1 aromatic carbocycles. The first-order valence-electron chi connectivity index (χ1n) is 16.3. The monoisotopic (exact) mass is 747 g/mol. The summed E-state index contributed by atoms with van der Waals surface area (Å²) in [4.78, 5) is 47.7. The fourth-order valence-corrected chi connectivity index (χ4v) is 8.18. The van der Waals surface area contributed by atoms with E-state index in [0.29, 0.717) is 53.2 Å². The number of nitrogens with one attached hydrogen (secondary N) is 3. The van der Waals surface area contributed by atoms with Gasteiger partial charge in [0, 0.05) is 28.1 Å². The summed E-state index contributed by atoms with van der Waals surface area (Å²) in [5.41, 5.74) is -1.53. The molecule has 3 heterocycles. The van der Waals surface area contributed by atoms with Crippen molar-refractivity contribution in [2.75, 3.05) is 25.6 Å². The van der Waals surface area contributed by atoms with Gasteiger partial charge in [0.2, 0.25) is 33.5 Å². The van der Waals surface area contributed by atoms with E-state index < -0.39 is 62.6 Å². The molecule has 0 spiro atoms. The SMILES string of the molecule is C=C[C@@H]1C[C@]1(NC(=O)[C@@H]1C[C@@H](Oc2ncc(OC)c3ccc(Cl)cc23)CN1C(=O)[C@H](CC)Nc1nsnc1OCC)C(=O)NS(=O)(=O)C1CC1. The Balaban J connectivity index is 1.28. The Labute approximate surface area is 298 Å². The maximum absolute atomic E-state index is 14.2. The lowest BCUT2D eigenvalue weighted by Gasteiger charge is -2.29. The van der Waals surface area contributed by atoms with E-state index in [1.165, 1.54) is 24.3 Å². The maximum atomic E-state index is 14.2. The summed E-state index contributed by atoms with van der Waals surface area (Å²) in [7, 11) is -2.36. The zero-order valence-corrected chi connectivity index (χ0v) is 30.1. The molecule has 3 aliphatic rings. The number of nitrogens with zero attached hydrogens (tertiary/aromatic N) is 4. The summed E-state index contributed by atoms with van der Waals surface area (Å²) in [6, 6.07) is 3.28. The molecule has 3 N–H and O–H groups in total. The van der Waals surface area contributed by atoms with Crippen LogP contribution in [0.25, 0.3) is 10.8 Å². The maximum Gasteiger partial charge on any atom is 0.270 e. The Hall–Kier alpha value is -4.22. The summed E-state index contributed by atoms with van der Waals surface area (Å²) >= 11 is 7.25. The standard InChI is InChI=1S/C32H38ClN7O8S2/c1-5-17-14-32(17,31(43)39-50(44,45)20-9-10-20)36-27(41)24-13-19(48-28-22-12-18(33)8-11-21(22)25(46-4)15-34-28)16-40(24)30(42)23(6-2)35-26-29(47-7-3)38-49-37-26/h5,8,11-12,15,17,19-20,23-24H,1,6-7,9-10,13-14,16H2,2-4H3,(H,35,37)(H,36,41)(H,39,43)/t17-,19-,23+,24+,32-/m1/s1. The Morgan fingerprint density at radius 2 is 1.98 bits per heavy atom. The number of carbonyl (C=O) groups is 3. The molecule has 15 nitrogen and oxygen atoms in total. The first-order chi connectivity index (χ1) is 23.9. The van der Waals surface area contributed by atoms with Crippen LogP contribution in [-0.4, -0.2) is 94.0 Å². The molecular formula is C32H38ClN7O8S2. The van der Waals surface area contributed by atoms with Crippen LogP contribution in [0, 0.1) is 5.92 Å². The third kappa shape index (κ3) is 7.03. The van der Waals surface area contributed by atoms with Crippen molar-refractivity contribution in [3.63, 3.8) is 0 Å². The minimum Gasteiger partial charge on any atom is -0.494 e. The number of hydrogen-bond acceptors (Lipinski definition) is 13. The van der Waals surface area contributed by atoms with Crippen molar-refractivity contribution in [3.05, 3.63) is 42.1 Å². The number of pyridine rings is 1. The largest absolute Gasteiger partial charge is 0.494 e. The molecule has 0 radical (unpaired) electrons. The van der Waals surface area contributed by atoms with Crippen molar-refractivity contribution in [1.82, 2.24) is 28.7 Å². The van der Waals surface area contributed by atoms with Crippen molar-refractivity contribution in [2.45, 2.75) is 74.9 Å². The molecule has 268 valence electrons. The van der Waals surface area contributed by atoms with Gasteiger partial charge in [0.25, 0.3) is 11.8 Å². The van der Waals surface area contributed by atoms with Crippen LogP contribution in [0.1, 0.15) is 46.0 Å². The van der Waals surface area contributed by atoms with Gasteiger partial charge in [-0.25, -0.2) is 13.4 Å². The summed E-state index contributed by atoms with van der Waals surface area (Å²) in [6.07, 6.45) is 3.78. The highest BCUT2D eigenvalue weighted by atomic mass is 35.5. The number of carbonyl (C=O) groups excluding carboxylic acids is 3. The van der Waals surface area contributed by atoms with Crippen molar-refractivity contribution in [3.8, 4) is 17.5 Å². The fourth-order valence-electron chi connectivity index (χ4n) is 6.18. The normalized spacial score (nSPS) is 23.5. The number of hydrogen-bond donors (Lipinski definition) is 3. The molecule has 3 fully saturated rings. The van der Waals surface area contributed by atoms with Crippen LogP contribution in [0.3, 0.4) is 0 Å². The van der Waals surface area contributed by atoms with Crippen LogP contribution in [-0.2, 0) is 24.4 Å². The molecule has 1 aliphatic heterocycles. The van der Waals surface area contributed by atoms with Gasteiger partial charge in [-0.05, 0) is 50.8 Å². The Bertz CT molecular complexity index is 1920. The first-order valence-corrected chi connectivity index (χ1v) is 18.9. The van der Waals surface area contributed by atoms with Gasteiger partial charge >= 0.3 is 0 Å². The number of methoxy groups -OCH3 is 1. The fraction of sp³-hybridized carbons (Fsp3) is 0.500. The number of anilines is 1. The van der Waals surface area contributed by atoms with E-state index in [1.54, 1.807) is 25.1 Å². The van der Waals surface area contributed by atoms with Crippen molar-refractivity contribution in [2.24, 2.45) is 5.92 Å². The molecule has 0 unspecified atom stereocenters. The molecule has 2 aromatic heterocycles. The third-order valence-electron chi connectivity index (χ3n) is 9.13. The highest BCUT2D eigenvalue weighted by Gasteiger charge is 2.62. The van der Waals surface area contributed by atoms with E-state index in [0.717, 1.165) is 11.7 Å². The van der Waals surface area contributed by atoms with Crippen LogP contribution in [0.4, 0.5) is 5.82 Å². The molecule has 1 saturated heterocycles. The number of ether oxygens (including phenoxy) is 3. The zero-order valence-electron chi connectivity index (χ0n) is 27.7. The van der Waals surface area contributed by atoms with E-state index in [9.17, 15) is 22.8 Å². The smallest absolute Gasteiger partial charge is 0.270 e. The number of benzene rings is 1. The summed E-state index contributed by atoms with van der Waals surface area (Å²) in [6.45, 7) is 7.73. The van der Waals surface area contributed by atoms with Gasteiger partial charge in [-0.3, -0.25) is 19.1 Å². The number of rotatable bonds is 15. The summed E-state index contributed by atoms with van der Waals surface area (Å²) < 4.78 is 53.2. The number of amides is 3. The molecule has 18 heteroatoms. The van der Waals surface area contributed by atoms with Crippen molar-refractivity contribution < 1.29 is 37.0 Å². The van der Waals surface area contributed by atoms with Crippen LogP contribution in [0.2, 0.25) is 5.02 Å². The number of fused-ring (bicyclic) bond motifs is 1. The Morgan fingerprint density at radius 1 is 1.20 bits per heavy atom. The second kappa shape index (κ2) is 14.2. The number of likely N-dealkylation sites (tertiary alicyclic amines) is 1. The van der Waals surface area contributed by atoms with Crippen LogP contribution >= 0.6 is 23.3 Å². The Morgan fingerprint density at radius 3 is 2.64 bits per heavy atom. The van der Waals surface area contributed by atoms with E-state index in [-0.39, 0.29) is 31.1 Å². The highest BCUT2D eigenvalue weighted by molar-refractivity contribution is 7.91. The quantitative estimate of drug-likeness (QED) is 0.193. The van der Waals surface area contributed by atoms with Crippen LogP contribution in [0.15, 0.2) is 37.1 Å². The molecular weight excluding hydrogens is 710 g/mol. The molecule has 50 heavy (non-hydrogen) atoms. The van der Waals surface area contributed by atoms with E-state index >= 15 is 0 Å². The molecule has 5 atom stereocenters. The summed E-state index contributed by atoms with van der Waals surface area (Å²) in [5.74, 6) is -1.08. The van der Waals surface area contributed by atoms with Gasteiger partial charge in [-0.15, -0.1) is 11.0 Å². The minimum absolute atomic E-state index is 0.00135. The van der Waals surface area contributed by atoms with Crippen molar-refractivity contribution >= 4 is 67.7 Å². The van der Waals surface area contributed by atoms with Gasteiger partial charge in [0.05, 0.1) is 43.4 Å². The topological polar surface area (TPSA) is 191 Å². The van der Waals surface area contributed by atoms with Gasteiger partial charge < -0.3 is 29.7 Å². The van der Waals surface area contributed by atoms with Crippen molar-refractivity contribution in [1.29, 1.82) is 0 Å². The molecule has 3 aromatic rings. The van der Waals surface area contributed by atoms with Gasteiger partial charge in [-0.2, -0.15) is 4.37 Å². The molecule has 0 bridgehead atoms. The molecule has 2 saturated carbocycles. The lowest BCUT2D eigenvalue weighted by molar-refractivity contribution is -0.140. The zero-order chi connectivity index (χ0) is 35.8. The molecule has 6 rings (SSSR count). The lowest BCUT2D eigenvalue weighted by atomic mass is 10.1. The lowest BCUT2D eigenvalue weighted by Crippen LogP contribution is -2.57. The predicted octanol–water partition coefficient (Wildman–Crippen LogP) is 3.06. The number of sulfonamides is 1. The van der Waals surface area contributed by atoms with Gasteiger partial charge in [-0.1, -0.05) is 24.6 Å². The number of halogens is 1. The van der Waals surface area contributed by atoms with Gasteiger partial charge in [0.1, 0.15) is 29.5 Å². The van der Waals surface area contributed by atoms with E-state index in [4.69, 9.17) is 25.8 Å². The highest BCUT2D eigenvalue weighted by Crippen LogP contribution is 2.45. The van der Waals surface area contributed by atoms with Gasteiger partial charge in [0.15, 0.2) is 0 Å². The third-order valence-corrected chi connectivity index (χ3v) is 11.7. The Kier molecular flexibility index (Phi) is 10.1. The van der Waals surface area contributed by atoms with Crippen LogP contribution < -0.4 is 29.6 Å². The minimum atomic E-state index is -3.88. The second-order valence-corrected chi connectivity index (χ2v) is 15.4.